The van der Waals surface area contributed by atoms with Crippen LogP contribution in [0.25, 0.3) is 0 Å². The minimum absolute atomic E-state index is 0.608. The van der Waals surface area contributed by atoms with E-state index in [-0.39, 0.29) is 0 Å². The molecular formula is C11H18O. The molecule has 1 unspecified atom stereocenters. The Balaban J connectivity index is 2.78. The molecule has 1 nitrogen and oxygen atoms in total. The van der Waals surface area contributed by atoms with E-state index in [2.05, 4.69) is 19.9 Å². The summed E-state index contributed by atoms with van der Waals surface area (Å²) in [7, 11) is 0. The standard InChI is InChI=1S/C11H18O/c1-4-5-10-6-9(2)7-11(3,12)8-10/h6,8,12H,4-5,7H2,1-3H3. The van der Waals surface area contributed by atoms with Crippen LogP contribution in [-0.4, -0.2) is 10.7 Å². The summed E-state index contributed by atoms with van der Waals surface area (Å²) in [4.78, 5) is 0. The van der Waals surface area contributed by atoms with Crippen LogP contribution in [0.5, 0.6) is 0 Å². The summed E-state index contributed by atoms with van der Waals surface area (Å²) in [6.07, 6.45) is 7.18. The molecule has 0 aromatic carbocycles. The van der Waals surface area contributed by atoms with Gasteiger partial charge < -0.3 is 5.11 Å². The molecule has 1 aliphatic carbocycles. The maximum Gasteiger partial charge on any atom is 0.0842 e. The summed E-state index contributed by atoms with van der Waals surface area (Å²) in [6.45, 7) is 6.11. The van der Waals surface area contributed by atoms with Crippen molar-refractivity contribution in [2.45, 2.75) is 45.6 Å². The summed E-state index contributed by atoms with van der Waals surface area (Å²) in [5, 5.41) is 9.82. The van der Waals surface area contributed by atoms with Gasteiger partial charge in [-0.15, -0.1) is 0 Å². The summed E-state index contributed by atoms with van der Waals surface area (Å²) in [5.41, 5.74) is 1.96. The maximum absolute atomic E-state index is 9.82. The molecule has 1 N–H and O–H groups in total. The highest BCUT2D eigenvalue weighted by atomic mass is 16.3. The third-order valence-electron chi connectivity index (χ3n) is 2.10. The first-order valence-corrected chi connectivity index (χ1v) is 4.65. The molecule has 0 aromatic heterocycles. The lowest BCUT2D eigenvalue weighted by Crippen LogP contribution is -2.24. The average molecular weight is 166 g/mol. The SMILES string of the molecule is CCCC1=CC(C)(O)CC(C)=C1. The fourth-order valence-electron chi connectivity index (χ4n) is 1.86. The van der Waals surface area contributed by atoms with E-state index in [1.807, 2.05) is 13.0 Å². The van der Waals surface area contributed by atoms with Crippen molar-refractivity contribution >= 4 is 0 Å². The van der Waals surface area contributed by atoms with Gasteiger partial charge in [0.15, 0.2) is 0 Å². The zero-order valence-corrected chi connectivity index (χ0v) is 8.22. The summed E-state index contributed by atoms with van der Waals surface area (Å²) in [6, 6.07) is 0. The van der Waals surface area contributed by atoms with E-state index < -0.39 is 5.60 Å². The van der Waals surface area contributed by atoms with Crippen molar-refractivity contribution in [1.29, 1.82) is 0 Å². The van der Waals surface area contributed by atoms with Crippen LogP contribution in [0, 0.1) is 0 Å². The minimum Gasteiger partial charge on any atom is -0.386 e. The Morgan fingerprint density at radius 3 is 2.75 bits per heavy atom. The van der Waals surface area contributed by atoms with Gasteiger partial charge in [-0.1, -0.05) is 25.0 Å². The average Bonchev–Trinajstić information content (AvgIpc) is 1.82. The molecule has 68 valence electrons. The summed E-state index contributed by atoms with van der Waals surface area (Å²) in [5.74, 6) is 0. The predicted octanol–water partition coefficient (Wildman–Crippen LogP) is 2.81. The Labute approximate surface area is 74.8 Å². The Kier molecular flexibility index (Phi) is 2.73. The molecule has 0 amide bonds. The fraction of sp³-hybridized carbons (Fsp3) is 0.636. The van der Waals surface area contributed by atoms with Crippen LogP contribution < -0.4 is 0 Å². The molecule has 0 aromatic rings. The van der Waals surface area contributed by atoms with Crippen molar-refractivity contribution in [3.05, 3.63) is 23.3 Å². The number of allylic oxidation sites excluding steroid dienone is 2. The van der Waals surface area contributed by atoms with Crippen molar-refractivity contribution in [3.8, 4) is 0 Å². The van der Waals surface area contributed by atoms with Gasteiger partial charge in [-0.05, 0) is 31.9 Å². The smallest absolute Gasteiger partial charge is 0.0842 e. The second kappa shape index (κ2) is 3.44. The maximum atomic E-state index is 9.82. The molecule has 0 spiro atoms. The van der Waals surface area contributed by atoms with E-state index in [0.717, 1.165) is 19.3 Å². The van der Waals surface area contributed by atoms with Crippen molar-refractivity contribution in [3.63, 3.8) is 0 Å². The Morgan fingerprint density at radius 1 is 1.58 bits per heavy atom. The first-order valence-electron chi connectivity index (χ1n) is 4.65. The van der Waals surface area contributed by atoms with Crippen LogP contribution in [0.2, 0.25) is 0 Å². The molecule has 1 aliphatic rings. The highest BCUT2D eigenvalue weighted by Gasteiger charge is 2.21. The quantitative estimate of drug-likeness (QED) is 0.668. The highest BCUT2D eigenvalue weighted by Crippen LogP contribution is 2.27. The molecule has 0 heterocycles. The Morgan fingerprint density at radius 2 is 2.25 bits per heavy atom. The lowest BCUT2D eigenvalue weighted by atomic mass is 9.87. The third kappa shape index (κ3) is 2.49. The fourth-order valence-corrected chi connectivity index (χ4v) is 1.86. The van der Waals surface area contributed by atoms with Crippen molar-refractivity contribution < 1.29 is 5.11 Å². The Bertz CT molecular complexity index is 221. The zero-order chi connectivity index (χ0) is 9.19. The Hall–Kier alpha value is -0.560. The van der Waals surface area contributed by atoms with Gasteiger partial charge in [0.1, 0.15) is 0 Å². The minimum atomic E-state index is -0.608. The summed E-state index contributed by atoms with van der Waals surface area (Å²) < 4.78 is 0. The van der Waals surface area contributed by atoms with Gasteiger partial charge in [-0.3, -0.25) is 0 Å². The van der Waals surface area contributed by atoms with Gasteiger partial charge >= 0.3 is 0 Å². The second-order valence-corrected chi connectivity index (χ2v) is 3.99. The zero-order valence-electron chi connectivity index (χ0n) is 8.22. The number of hydrogen-bond acceptors (Lipinski definition) is 1. The van der Waals surface area contributed by atoms with E-state index in [1.54, 1.807) is 0 Å². The normalized spacial score (nSPS) is 29.7. The second-order valence-electron chi connectivity index (χ2n) is 3.99. The van der Waals surface area contributed by atoms with E-state index in [1.165, 1.54) is 11.1 Å². The molecule has 0 saturated heterocycles. The van der Waals surface area contributed by atoms with Gasteiger partial charge in [0.2, 0.25) is 0 Å². The van der Waals surface area contributed by atoms with E-state index in [9.17, 15) is 5.11 Å². The highest BCUT2D eigenvalue weighted by molar-refractivity contribution is 5.31. The van der Waals surface area contributed by atoms with Crippen molar-refractivity contribution in [1.82, 2.24) is 0 Å². The first kappa shape index (κ1) is 9.53. The molecule has 0 aliphatic heterocycles. The molecule has 0 bridgehead atoms. The van der Waals surface area contributed by atoms with E-state index >= 15 is 0 Å². The lowest BCUT2D eigenvalue weighted by molar-refractivity contribution is 0.109. The predicted molar refractivity (Wildman–Crippen MR) is 52.0 cm³/mol. The van der Waals surface area contributed by atoms with Crippen LogP contribution in [0.4, 0.5) is 0 Å². The molecule has 1 heteroatoms. The lowest BCUT2D eigenvalue weighted by Gasteiger charge is -2.25. The largest absolute Gasteiger partial charge is 0.386 e. The summed E-state index contributed by atoms with van der Waals surface area (Å²) >= 11 is 0. The first-order chi connectivity index (χ1) is 5.53. The van der Waals surface area contributed by atoms with E-state index in [4.69, 9.17) is 0 Å². The van der Waals surface area contributed by atoms with Crippen LogP contribution in [0.3, 0.4) is 0 Å². The van der Waals surface area contributed by atoms with E-state index in [0.29, 0.717) is 0 Å². The molecule has 1 atom stereocenters. The topological polar surface area (TPSA) is 20.2 Å². The molecule has 0 radical (unpaired) electrons. The molecule has 0 saturated carbocycles. The number of aliphatic hydroxyl groups is 1. The molecule has 12 heavy (non-hydrogen) atoms. The molecule has 1 rings (SSSR count). The van der Waals surface area contributed by atoms with Gasteiger partial charge in [0.25, 0.3) is 0 Å². The number of rotatable bonds is 2. The van der Waals surface area contributed by atoms with Crippen molar-refractivity contribution in [2.24, 2.45) is 0 Å². The monoisotopic (exact) mass is 166 g/mol. The molecular weight excluding hydrogens is 148 g/mol. The van der Waals surface area contributed by atoms with Gasteiger partial charge in [-0.2, -0.15) is 0 Å². The van der Waals surface area contributed by atoms with Gasteiger partial charge in [0.05, 0.1) is 5.60 Å². The van der Waals surface area contributed by atoms with Crippen LogP contribution in [-0.2, 0) is 0 Å². The number of hydrogen-bond donors (Lipinski definition) is 1. The van der Waals surface area contributed by atoms with Crippen molar-refractivity contribution in [2.75, 3.05) is 0 Å². The van der Waals surface area contributed by atoms with Gasteiger partial charge in [0, 0.05) is 6.42 Å². The van der Waals surface area contributed by atoms with Gasteiger partial charge in [-0.25, -0.2) is 0 Å². The molecule has 0 fully saturated rings. The van der Waals surface area contributed by atoms with Crippen LogP contribution >= 0.6 is 0 Å². The third-order valence-corrected chi connectivity index (χ3v) is 2.10. The van der Waals surface area contributed by atoms with Crippen LogP contribution in [0.1, 0.15) is 40.0 Å². The van der Waals surface area contributed by atoms with Crippen LogP contribution in [0.15, 0.2) is 23.3 Å².